The van der Waals surface area contributed by atoms with Gasteiger partial charge in [0.2, 0.25) is 5.91 Å². The van der Waals surface area contributed by atoms with E-state index in [4.69, 9.17) is 0 Å². The maximum absolute atomic E-state index is 12.0. The van der Waals surface area contributed by atoms with E-state index in [1.54, 1.807) is 30.3 Å². The number of halogens is 1. The molecule has 2 amide bonds. The van der Waals surface area contributed by atoms with E-state index < -0.39 is 0 Å². The summed E-state index contributed by atoms with van der Waals surface area (Å²) in [5, 5.41) is 14.7. The number of nitrogens with one attached hydrogen (secondary N) is 2. The Labute approximate surface area is 148 Å². The van der Waals surface area contributed by atoms with Gasteiger partial charge in [-0.1, -0.05) is 24.3 Å². The number of phenolic OH excluding ortho intramolecular Hbond substituents is 1. The van der Waals surface area contributed by atoms with Gasteiger partial charge in [0.1, 0.15) is 5.75 Å². The number of aromatic hydroxyl groups is 1. The molecule has 0 saturated carbocycles. The first-order chi connectivity index (χ1) is 11.1. The Morgan fingerprint density at radius 1 is 1.04 bits per heavy atom. The summed E-state index contributed by atoms with van der Waals surface area (Å²) in [6.07, 6.45) is 0.616. The lowest BCUT2D eigenvalue weighted by molar-refractivity contribution is -0.120. The number of benzene rings is 2. The van der Waals surface area contributed by atoms with Crippen LogP contribution in [-0.4, -0.2) is 30.0 Å². The van der Waals surface area contributed by atoms with E-state index in [0.717, 1.165) is 9.13 Å². The monoisotopic (exact) mass is 424 g/mol. The second-order valence-corrected chi connectivity index (χ2v) is 6.09. The first kappa shape index (κ1) is 17.3. The lowest BCUT2D eigenvalue weighted by Gasteiger charge is -2.08. The van der Waals surface area contributed by atoms with Crippen LogP contribution in [-0.2, 0) is 11.2 Å². The zero-order valence-corrected chi connectivity index (χ0v) is 14.5. The fourth-order valence-electron chi connectivity index (χ4n) is 2.02. The average Bonchev–Trinajstić information content (AvgIpc) is 2.53. The Morgan fingerprint density at radius 3 is 2.57 bits per heavy atom. The molecule has 0 radical (unpaired) electrons. The minimum absolute atomic E-state index is 0.0656. The molecular weight excluding hydrogens is 407 g/mol. The zero-order valence-electron chi connectivity index (χ0n) is 12.4. The maximum atomic E-state index is 12.0. The summed E-state index contributed by atoms with van der Waals surface area (Å²) in [6, 6.07) is 14.1. The van der Waals surface area contributed by atoms with E-state index in [1.807, 2.05) is 18.2 Å². The number of phenols is 1. The van der Waals surface area contributed by atoms with Crippen molar-refractivity contribution in [2.75, 3.05) is 13.1 Å². The van der Waals surface area contributed by atoms with E-state index in [0.29, 0.717) is 18.5 Å². The van der Waals surface area contributed by atoms with Crippen LogP contribution < -0.4 is 10.6 Å². The zero-order chi connectivity index (χ0) is 16.7. The molecule has 3 N–H and O–H groups in total. The van der Waals surface area contributed by atoms with Crippen LogP contribution in [0, 0.1) is 3.57 Å². The molecule has 120 valence electrons. The largest absolute Gasteiger partial charge is 0.508 e. The van der Waals surface area contributed by atoms with Crippen LogP contribution in [0.3, 0.4) is 0 Å². The van der Waals surface area contributed by atoms with Crippen LogP contribution in [0.4, 0.5) is 0 Å². The summed E-state index contributed by atoms with van der Waals surface area (Å²) in [4.78, 5) is 23.7. The van der Waals surface area contributed by atoms with Crippen molar-refractivity contribution in [3.63, 3.8) is 0 Å². The number of amides is 2. The molecule has 23 heavy (non-hydrogen) atoms. The Hall–Kier alpha value is -2.09. The first-order valence-corrected chi connectivity index (χ1v) is 8.21. The van der Waals surface area contributed by atoms with Crippen LogP contribution in [0.1, 0.15) is 15.9 Å². The topological polar surface area (TPSA) is 78.4 Å². The molecule has 0 unspecified atom stereocenters. The highest BCUT2D eigenvalue weighted by atomic mass is 127. The van der Waals surface area contributed by atoms with E-state index in [-0.39, 0.29) is 24.1 Å². The average molecular weight is 424 g/mol. The summed E-state index contributed by atoms with van der Waals surface area (Å²) < 4.78 is 0.840. The molecule has 0 atom stereocenters. The predicted molar refractivity (Wildman–Crippen MR) is 96.3 cm³/mol. The van der Waals surface area contributed by atoms with Gasteiger partial charge in [-0.3, -0.25) is 9.59 Å². The predicted octanol–water partition coefficient (Wildman–Crippen LogP) is 2.09. The van der Waals surface area contributed by atoms with Crippen LogP contribution in [0.15, 0.2) is 48.5 Å². The molecule has 0 aliphatic carbocycles. The van der Waals surface area contributed by atoms with Crippen molar-refractivity contribution >= 4 is 34.4 Å². The van der Waals surface area contributed by atoms with Gasteiger partial charge in [-0.2, -0.15) is 0 Å². The van der Waals surface area contributed by atoms with Gasteiger partial charge in [0.05, 0.1) is 12.1 Å². The molecule has 0 aliphatic rings. The Kier molecular flexibility index (Phi) is 6.40. The van der Waals surface area contributed by atoms with Gasteiger partial charge in [0.15, 0.2) is 0 Å². The second kappa shape index (κ2) is 8.52. The Balaban J connectivity index is 1.73. The second-order valence-electron chi connectivity index (χ2n) is 4.93. The summed E-state index contributed by atoms with van der Waals surface area (Å²) in [6.45, 7) is 0.380. The van der Waals surface area contributed by atoms with Gasteiger partial charge < -0.3 is 15.7 Å². The van der Waals surface area contributed by atoms with Crippen molar-refractivity contribution in [2.45, 2.75) is 6.42 Å². The van der Waals surface area contributed by atoms with E-state index >= 15 is 0 Å². The molecule has 0 saturated heterocycles. The lowest BCUT2D eigenvalue weighted by atomic mass is 10.1. The molecule has 2 rings (SSSR count). The van der Waals surface area contributed by atoms with Crippen LogP contribution in [0.5, 0.6) is 5.75 Å². The molecule has 6 heteroatoms. The molecule has 2 aromatic rings. The van der Waals surface area contributed by atoms with Gasteiger partial charge in [-0.05, 0) is 58.8 Å². The highest BCUT2D eigenvalue weighted by Gasteiger charge is 2.10. The van der Waals surface area contributed by atoms with Gasteiger partial charge >= 0.3 is 0 Å². The summed E-state index contributed by atoms with van der Waals surface area (Å²) in [5.74, 6) is -0.305. The first-order valence-electron chi connectivity index (χ1n) is 7.13. The molecule has 0 aromatic heterocycles. The number of carbonyl (C=O) groups excluding carboxylic acids is 2. The molecular formula is C17H17IN2O3. The normalized spacial score (nSPS) is 10.1. The van der Waals surface area contributed by atoms with Gasteiger partial charge in [0.25, 0.3) is 5.91 Å². The third-order valence-electron chi connectivity index (χ3n) is 3.17. The fourth-order valence-corrected chi connectivity index (χ4v) is 2.65. The molecule has 0 aliphatic heterocycles. The Morgan fingerprint density at radius 2 is 1.83 bits per heavy atom. The van der Waals surface area contributed by atoms with Crippen LogP contribution in [0.2, 0.25) is 0 Å². The van der Waals surface area contributed by atoms with Crippen molar-refractivity contribution in [2.24, 2.45) is 0 Å². The third kappa shape index (κ3) is 5.55. The summed E-state index contributed by atoms with van der Waals surface area (Å²) in [5.41, 5.74) is 1.49. The minimum Gasteiger partial charge on any atom is -0.508 e. The van der Waals surface area contributed by atoms with Crippen LogP contribution >= 0.6 is 22.6 Å². The highest BCUT2D eigenvalue weighted by molar-refractivity contribution is 14.1. The van der Waals surface area contributed by atoms with E-state index in [9.17, 15) is 14.7 Å². The standard InChI is InChI=1S/C17H17IN2O3/c18-15-7-2-1-6-14(15)17(23)20-11-16(22)19-9-8-12-4-3-5-13(21)10-12/h1-7,10,21H,8-9,11H2,(H,19,22)(H,20,23). The van der Waals surface area contributed by atoms with Gasteiger partial charge in [0, 0.05) is 10.1 Å². The minimum atomic E-state index is -0.266. The van der Waals surface area contributed by atoms with Crippen molar-refractivity contribution in [1.29, 1.82) is 0 Å². The fraction of sp³-hybridized carbons (Fsp3) is 0.176. The van der Waals surface area contributed by atoms with Crippen molar-refractivity contribution in [3.8, 4) is 5.75 Å². The van der Waals surface area contributed by atoms with Crippen molar-refractivity contribution < 1.29 is 14.7 Å². The molecule has 0 bridgehead atoms. The Bertz CT molecular complexity index is 704. The molecule has 5 nitrogen and oxygen atoms in total. The number of carbonyl (C=O) groups is 2. The number of hydrogen-bond acceptors (Lipinski definition) is 3. The SMILES string of the molecule is O=C(CNC(=O)c1ccccc1I)NCCc1cccc(O)c1. The van der Waals surface area contributed by atoms with Crippen LogP contribution in [0.25, 0.3) is 0 Å². The van der Waals surface area contributed by atoms with Crippen molar-refractivity contribution in [3.05, 3.63) is 63.2 Å². The van der Waals surface area contributed by atoms with E-state index in [1.165, 1.54) is 0 Å². The number of rotatable bonds is 6. The van der Waals surface area contributed by atoms with Gasteiger partial charge in [-0.25, -0.2) is 0 Å². The molecule has 0 spiro atoms. The van der Waals surface area contributed by atoms with E-state index in [2.05, 4.69) is 33.2 Å². The molecule has 0 heterocycles. The molecule has 2 aromatic carbocycles. The van der Waals surface area contributed by atoms with Gasteiger partial charge in [-0.15, -0.1) is 0 Å². The number of hydrogen-bond donors (Lipinski definition) is 3. The summed E-state index contributed by atoms with van der Waals surface area (Å²) >= 11 is 2.08. The quantitative estimate of drug-likeness (QED) is 0.622. The lowest BCUT2D eigenvalue weighted by Crippen LogP contribution is -2.37. The van der Waals surface area contributed by atoms with Crippen molar-refractivity contribution in [1.82, 2.24) is 10.6 Å². The smallest absolute Gasteiger partial charge is 0.252 e. The highest BCUT2D eigenvalue weighted by Crippen LogP contribution is 2.11. The molecule has 0 fully saturated rings. The maximum Gasteiger partial charge on any atom is 0.252 e. The third-order valence-corrected chi connectivity index (χ3v) is 4.12. The summed E-state index contributed by atoms with van der Waals surface area (Å²) in [7, 11) is 0.